The number of hydrogen-bond donors (Lipinski definition) is 1. The predicted molar refractivity (Wildman–Crippen MR) is 53.3 cm³/mol. The van der Waals surface area contributed by atoms with Crippen molar-refractivity contribution in [3.8, 4) is 0 Å². The number of hydrogen-bond acceptors (Lipinski definition) is 3. The van der Waals surface area contributed by atoms with Crippen LogP contribution in [0.3, 0.4) is 0 Å². The molecular weight excluding hydrogens is 182 g/mol. The summed E-state index contributed by atoms with van der Waals surface area (Å²) in [7, 11) is 0. The summed E-state index contributed by atoms with van der Waals surface area (Å²) in [6, 6.07) is -0.427. The molecule has 1 aliphatic rings. The highest BCUT2D eigenvalue weighted by molar-refractivity contribution is 5.73. The summed E-state index contributed by atoms with van der Waals surface area (Å²) in [4.78, 5) is 12.9. The van der Waals surface area contributed by atoms with Gasteiger partial charge in [-0.15, -0.1) is 0 Å². The molecule has 1 fully saturated rings. The first kappa shape index (κ1) is 11.5. The third kappa shape index (κ3) is 2.07. The Morgan fingerprint density at radius 2 is 2.36 bits per heavy atom. The second-order valence-corrected chi connectivity index (χ2v) is 4.11. The number of carboxylic acid groups (broad SMARTS) is 1. The Balaban J connectivity index is 2.77. The summed E-state index contributed by atoms with van der Waals surface area (Å²) in [5.41, 5.74) is -0.129. The van der Waals surface area contributed by atoms with Gasteiger partial charge in [-0.2, -0.15) is 0 Å². The summed E-state index contributed by atoms with van der Waals surface area (Å²) >= 11 is 0. The maximum atomic E-state index is 10.9. The molecule has 1 heterocycles. The zero-order valence-electron chi connectivity index (χ0n) is 9.12. The number of morpholine rings is 1. The molecule has 2 unspecified atom stereocenters. The van der Waals surface area contributed by atoms with Crippen molar-refractivity contribution in [1.29, 1.82) is 0 Å². The number of nitrogens with zero attached hydrogens (tertiary/aromatic N) is 1. The smallest absolute Gasteiger partial charge is 0.320 e. The molecule has 0 bridgehead atoms. The second kappa shape index (κ2) is 4.28. The largest absolute Gasteiger partial charge is 0.480 e. The summed E-state index contributed by atoms with van der Waals surface area (Å²) in [6.07, 6.45) is 0.907. The third-order valence-electron chi connectivity index (χ3n) is 3.17. The van der Waals surface area contributed by atoms with Crippen molar-refractivity contribution in [2.45, 2.75) is 38.8 Å². The van der Waals surface area contributed by atoms with Gasteiger partial charge in [0.1, 0.15) is 6.04 Å². The number of carbonyl (C=O) groups is 1. The molecule has 0 radical (unpaired) electrons. The molecule has 0 aliphatic carbocycles. The molecule has 4 heteroatoms. The number of aliphatic carboxylic acids is 1. The van der Waals surface area contributed by atoms with Crippen molar-refractivity contribution in [3.63, 3.8) is 0 Å². The Kier molecular flexibility index (Phi) is 3.50. The van der Waals surface area contributed by atoms with Crippen molar-refractivity contribution in [2.75, 3.05) is 19.8 Å². The van der Waals surface area contributed by atoms with E-state index in [4.69, 9.17) is 9.84 Å². The highest BCUT2D eigenvalue weighted by Crippen LogP contribution is 2.25. The van der Waals surface area contributed by atoms with Gasteiger partial charge in [0, 0.05) is 12.1 Å². The second-order valence-electron chi connectivity index (χ2n) is 4.11. The molecule has 82 valence electrons. The van der Waals surface area contributed by atoms with E-state index >= 15 is 0 Å². The highest BCUT2D eigenvalue weighted by atomic mass is 16.5. The molecule has 0 saturated carbocycles. The van der Waals surface area contributed by atoms with E-state index < -0.39 is 12.0 Å². The lowest BCUT2D eigenvalue weighted by atomic mass is 9.94. The average molecular weight is 201 g/mol. The van der Waals surface area contributed by atoms with Gasteiger partial charge in [0.15, 0.2) is 0 Å². The average Bonchev–Trinajstić information content (AvgIpc) is 2.17. The Morgan fingerprint density at radius 3 is 2.86 bits per heavy atom. The third-order valence-corrected chi connectivity index (χ3v) is 3.17. The van der Waals surface area contributed by atoms with Crippen LogP contribution >= 0.6 is 0 Å². The minimum atomic E-state index is -0.758. The predicted octanol–water partition coefficient (Wildman–Crippen LogP) is 0.960. The fraction of sp³-hybridized carbons (Fsp3) is 0.900. The van der Waals surface area contributed by atoms with E-state index in [1.54, 1.807) is 6.92 Å². The van der Waals surface area contributed by atoms with E-state index in [2.05, 4.69) is 13.8 Å². The van der Waals surface area contributed by atoms with Crippen LogP contribution in [0.5, 0.6) is 0 Å². The van der Waals surface area contributed by atoms with Gasteiger partial charge in [0.2, 0.25) is 0 Å². The van der Waals surface area contributed by atoms with Gasteiger partial charge in [0.05, 0.1) is 13.2 Å². The van der Waals surface area contributed by atoms with Crippen LogP contribution in [0.15, 0.2) is 0 Å². The summed E-state index contributed by atoms with van der Waals surface area (Å²) < 4.78 is 5.40. The Labute approximate surface area is 84.8 Å². The Bertz CT molecular complexity index is 219. The fourth-order valence-electron chi connectivity index (χ4n) is 1.91. The molecule has 1 N–H and O–H groups in total. The van der Waals surface area contributed by atoms with Crippen LogP contribution in [-0.2, 0) is 9.53 Å². The van der Waals surface area contributed by atoms with E-state index in [9.17, 15) is 4.79 Å². The first-order valence-electron chi connectivity index (χ1n) is 5.08. The quantitative estimate of drug-likeness (QED) is 0.739. The van der Waals surface area contributed by atoms with E-state index in [-0.39, 0.29) is 5.54 Å². The van der Waals surface area contributed by atoms with Crippen LogP contribution in [0.4, 0.5) is 0 Å². The molecule has 0 amide bonds. The number of carboxylic acids is 1. The van der Waals surface area contributed by atoms with Gasteiger partial charge in [0.25, 0.3) is 0 Å². The summed E-state index contributed by atoms with van der Waals surface area (Å²) in [6.45, 7) is 7.83. The van der Waals surface area contributed by atoms with E-state index in [0.717, 1.165) is 6.42 Å². The molecule has 0 aromatic rings. The van der Waals surface area contributed by atoms with Gasteiger partial charge in [-0.1, -0.05) is 6.92 Å². The van der Waals surface area contributed by atoms with Gasteiger partial charge in [-0.25, -0.2) is 0 Å². The van der Waals surface area contributed by atoms with E-state index in [1.165, 1.54) is 0 Å². The molecule has 1 rings (SSSR count). The van der Waals surface area contributed by atoms with Crippen LogP contribution in [-0.4, -0.2) is 47.3 Å². The lowest BCUT2D eigenvalue weighted by Crippen LogP contribution is -2.59. The monoisotopic (exact) mass is 201 g/mol. The highest BCUT2D eigenvalue weighted by Gasteiger charge is 2.38. The van der Waals surface area contributed by atoms with Crippen molar-refractivity contribution in [2.24, 2.45) is 0 Å². The van der Waals surface area contributed by atoms with Gasteiger partial charge < -0.3 is 9.84 Å². The summed E-state index contributed by atoms with van der Waals surface area (Å²) in [5.74, 6) is -0.758. The normalized spacial score (nSPS) is 31.4. The molecular formula is C10H19NO3. The topological polar surface area (TPSA) is 49.8 Å². The molecule has 0 aromatic heterocycles. The maximum Gasteiger partial charge on any atom is 0.320 e. The molecule has 4 nitrogen and oxygen atoms in total. The maximum absolute atomic E-state index is 10.9. The lowest BCUT2D eigenvalue weighted by molar-refractivity contribution is -0.151. The molecule has 14 heavy (non-hydrogen) atoms. The SMILES string of the molecule is CCC1(C)COCCN1C(C)C(=O)O. The Morgan fingerprint density at radius 1 is 1.71 bits per heavy atom. The number of ether oxygens (including phenoxy) is 1. The van der Waals surface area contributed by atoms with Crippen LogP contribution in [0.25, 0.3) is 0 Å². The van der Waals surface area contributed by atoms with E-state index in [1.807, 2.05) is 4.90 Å². The number of rotatable bonds is 3. The standard InChI is InChI=1S/C10H19NO3/c1-4-10(3)7-14-6-5-11(10)8(2)9(12)13/h8H,4-7H2,1-3H3,(H,12,13). The van der Waals surface area contributed by atoms with Crippen molar-refractivity contribution >= 4 is 5.97 Å². The fourth-order valence-corrected chi connectivity index (χ4v) is 1.91. The van der Waals surface area contributed by atoms with Crippen LogP contribution in [0, 0.1) is 0 Å². The van der Waals surface area contributed by atoms with Crippen molar-refractivity contribution in [1.82, 2.24) is 4.90 Å². The zero-order chi connectivity index (χ0) is 10.8. The van der Waals surface area contributed by atoms with Gasteiger partial charge >= 0.3 is 5.97 Å². The van der Waals surface area contributed by atoms with Gasteiger partial charge in [-0.05, 0) is 20.3 Å². The van der Waals surface area contributed by atoms with Crippen LogP contribution in [0.2, 0.25) is 0 Å². The Hall–Kier alpha value is -0.610. The molecule has 2 atom stereocenters. The molecule has 1 aliphatic heterocycles. The zero-order valence-corrected chi connectivity index (χ0v) is 9.12. The molecule has 0 spiro atoms. The van der Waals surface area contributed by atoms with E-state index in [0.29, 0.717) is 19.8 Å². The lowest BCUT2D eigenvalue weighted by Gasteiger charge is -2.46. The molecule has 0 aromatic carbocycles. The van der Waals surface area contributed by atoms with Crippen molar-refractivity contribution < 1.29 is 14.6 Å². The van der Waals surface area contributed by atoms with Gasteiger partial charge in [-0.3, -0.25) is 9.69 Å². The van der Waals surface area contributed by atoms with Crippen LogP contribution in [0.1, 0.15) is 27.2 Å². The molecule has 1 saturated heterocycles. The first-order valence-corrected chi connectivity index (χ1v) is 5.08. The minimum absolute atomic E-state index is 0.129. The summed E-state index contributed by atoms with van der Waals surface area (Å²) in [5, 5.41) is 8.98. The minimum Gasteiger partial charge on any atom is -0.480 e. The van der Waals surface area contributed by atoms with Crippen LogP contribution < -0.4 is 0 Å². The first-order chi connectivity index (χ1) is 6.51. The van der Waals surface area contributed by atoms with Crippen molar-refractivity contribution in [3.05, 3.63) is 0 Å².